The SMILES string of the molecule is NC(=O)C1CCN(C(=O)C(N)c2cccs2)CC1. The van der Waals surface area contributed by atoms with Crippen LogP contribution in [0.5, 0.6) is 0 Å². The molecule has 1 unspecified atom stereocenters. The van der Waals surface area contributed by atoms with Gasteiger partial charge in [0.05, 0.1) is 0 Å². The van der Waals surface area contributed by atoms with Gasteiger partial charge in [-0.2, -0.15) is 0 Å². The minimum Gasteiger partial charge on any atom is -0.369 e. The Kier molecular flexibility index (Phi) is 3.98. The van der Waals surface area contributed by atoms with Gasteiger partial charge in [-0.05, 0) is 24.3 Å². The Hall–Kier alpha value is -1.40. The molecular weight excluding hydrogens is 250 g/mol. The third-order valence-corrected chi connectivity index (χ3v) is 4.28. The Labute approximate surface area is 110 Å². The van der Waals surface area contributed by atoms with Crippen LogP contribution in [0.1, 0.15) is 23.8 Å². The lowest BCUT2D eigenvalue weighted by Gasteiger charge is -2.32. The maximum absolute atomic E-state index is 12.2. The van der Waals surface area contributed by atoms with Crippen molar-refractivity contribution in [2.24, 2.45) is 17.4 Å². The van der Waals surface area contributed by atoms with Crippen molar-refractivity contribution >= 4 is 23.2 Å². The molecule has 1 aromatic rings. The number of hydrogen-bond donors (Lipinski definition) is 2. The van der Waals surface area contributed by atoms with Crippen LogP contribution in [0.15, 0.2) is 17.5 Å². The highest BCUT2D eigenvalue weighted by Crippen LogP contribution is 2.22. The van der Waals surface area contributed by atoms with Crippen LogP contribution in [-0.2, 0) is 9.59 Å². The zero-order valence-corrected chi connectivity index (χ0v) is 10.9. The van der Waals surface area contributed by atoms with Crippen molar-refractivity contribution < 1.29 is 9.59 Å². The van der Waals surface area contributed by atoms with Crippen molar-refractivity contribution in [1.82, 2.24) is 4.90 Å². The molecule has 0 aliphatic carbocycles. The van der Waals surface area contributed by atoms with E-state index in [0.717, 1.165) is 4.88 Å². The summed E-state index contributed by atoms with van der Waals surface area (Å²) in [4.78, 5) is 25.8. The average Bonchev–Trinajstić information content (AvgIpc) is 2.91. The van der Waals surface area contributed by atoms with E-state index in [1.807, 2.05) is 17.5 Å². The summed E-state index contributed by atoms with van der Waals surface area (Å²) in [6.45, 7) is 1.12. The number of likely N-dealkylation sites (tertiary alicyclic amines) is 1. The standard InChI is InChI=1S/C12H17N3O2S/c13-10(9-2-1-7-18-9)12(17)15-5-3-8(4-6-15)11(14)16/h1-2,7-8,10H,3-6,13H2,(H2,14,16). The topological polar surface area (TPSA) is 89.4 Å². The first kappa shape index (κ1) is 13.0. The van der Waals surface area contributed by atoms with E-state index in [-0.39, 0.29) is 17.7 Å². The van der Waals surface area contributed by atoms with Crippen LogP contribution in [0.2, 0.25) is 0 Å². The summed E-state index contributed by atoms with van der Waals surface area (Å²) in [7, 11) is 0. The molecule has 5 nitrogen and oxygen atoms in total. The van der Waals surface area contributed by atoms with E-state index >= 15 is 0 Å². The zero-order valence-electron chi connectivity index (χ0n) is 10.0. The van der Waals surface area contributed by atoms with Gasteiger partial charge < -0.3 is 16.4 Å². The summed E-state index contributed by atoms with van der Waals surface area (Å²) in [6, 6.07) is 3.16. The molecular formula is C12H17N3O2S. The molecule has 98 valence electrons. The molecule has 0 saturated carbocycles. The van der Waals surface area contributed by atoms with Gasteiger partial charge in [0.1, 0.15) is 6.04 Å². The molecule has 1 atom stereocenters. The minimum absolute atomic E-state index is 0.0691. The van der Waals surface area contributed by atoms with Crippen molar-refractivity contribution in [1.29, 1.82) is 0 Å². The molecule has 2 amide bonds. The number of nitrogens with two attached hydrogens (primary N) is 2. The summed E-state index contributed by atoms with van der Waals surface area (Å²) in [5, 5.41) is 1.90. The molecule has 0 radical (unpaired) electrons. The largest absolute Gasteiger partial charge is 0.369 e. The molecule has 0 bridgehead atoms. The molecule has 4 N–H and O–H groups in total. The molecule has 1 aliphatic heterocycles. The lowest BCUT2D eigenvalue weighted by molar-refractivity contribution is -0.136. The van der Waals surface area contributed by atoms with Gasteiger partial charge in [-0.1, -0.05) is 6.07 Å². The Morgan fingerprint density at radius 3 is 2.56 bits per heavy atom. The summed E-state index contributed by atoms with van der Waals surface area (Å²) in [5.41, 5.74) is 11.2. The van der Waals surface area contributed by atoms with E-state index in [1.165, 1.54) is 11.3 Å². The number of hydrogen-bond acceptors (Lipinski definition) is 4. The predicted octanol–water partition coefficient (Wildman–Crippen LogP) is 0.472. The van der Waals surface area contributed by atoms with Crippen LogP contribution < -0.4 is 11.5 Å². The summed E-state index contributed by atoms with van der Waals surface area (Å²) < 4.78 is 0. The van der Waals surface area contributed by atoms with Crippen molar-refractivity contribution in [2.75, 3.05) is 13.1 Å². The summed E-state index contributed by atoms with van der Waals surface area (Å²) in [6.07, 6.45) is 1.27. The van der Waals surface area contributed by atoms with Crippen LogP contribution >= 0.6 is 11.3 Å². The molecule has 0 aromatic carbocycles. The van der Waals surface area contributed by atoms with E-state index in [0.29, 0.717) is 25.9 Å². The number of thiophene rings is 1. The van der Waals surface area contributed by atoms with E-state index in [1.54, 1.807) is 4.90 Å². The number of primary amides is 1. The Bertz CT molecular complexity index is 425. The fourth-order valence-electron chi connectivity index (χ4n) is 2.17. The Morgan fingerprint density at radius 2 is 2.06 bits per heavy atom. The lowest BCUT2D eigenvalue weighted by Crippen LogP contribution is -2.45. The normalized spacial score (nSPS) is 18.6. The van der Waals surface area contributed by atoms with Crippen molar-refractivity contribution in [3.63, 3.8) is 0 Å². The number of rotatable bonds is 3. The monoisotopic (exact) mass is 267 g/mol. The molecule has 18 heavy (non-hydrogen) atoms. The second kappa shape index (κ2) is 5.49. The molecule has 0 spiro atoms. The molecule has 2 heterocycles. The summed E-state index contributed by atoms with van der Waals surface area (Å²) in [5.74, 6) is -0.447. The van der Waals surface area contributed by atoms with E-state index in [2.05, 4.69) is 0 Å². The fourth-order valence-corrected chi connectivity index (χ4v) is 2.89. The second-order valence-electron chi connectivity index (χ2n) is 4.50. The molecule has 1 aliphatic rings. The van der Waals surface area contributed by atoms with Gasteiger partial charge in [-0.15, -0.1) is 11.3 Å². The van der Waals surface area contributed by atoms with Gasteiger partial charge in [-0.25, -0.2) is 0 Å². The first-order valence-electron chi connectivity index (χ1n) is 5.96. The van der Waals surface area contributed by atoms with Gasteiger partial charge in [0, 0.05) is 23.9 Å². The van der Waals surface area contributed by atoms with E-state index < -0.39 is 6.04 Å². The van der Waals surface area contributed by atoms with E-state index in [4.69, 9.17) is 11.5 Å². The number of carbonyl (C=O) groups is 2. The number of carbonyl (C=O) groups excluding carboxylic acids is 2. The molecule has 1 fully saturated rings. The number of amides is 2. The predicted molar refractivity (Wildman–Crippen MR) is 69.7 cm³/mol. The molecule has 1 aromatic heterocycles. The van der Waals surface area contributed by atoms with Crippen LogP contribution in [0, 0.1) is 5.92 Å². The highest BCUT2D eigenvalue weighted by molar-refractivity contribution is 7.10. The van der Waals surface area contributed by atoms with E-state index in [9.17, 15) is 9.59 Å². The zero-order chi connectivity index (χ0) is 13.1. The highest BCUT2D eigenvalue weighted by Gasteiger charge is 2.29. The van der Waals surface area contributed by atoms with Gasteiger partial charge in [0.25, 0.3) is 0 Å². The van der Waals surface area contributed by atoms with Gasteiger partial charge in [0.15, 0.2) is 0 Å². The van der Waals surface area contributed by atoms with Crippen LogP contribution in [0.3, 0.4) is 0 Å². The lowest BCUT2D eigenvalue weighted by atomic mass is 9.96. The fraction of sp³-hybridized carbons (Fsp3) is 0.500. The van der Waals surface area contributed by atoms with Crippen LogP contribution in [0.4, 0.5) is 0 Å². The molecule has 6 heteroatoms. The third kappa shape index (κ3) is 2.70. The van der Waals surface area contributed by atoms with Crippen LogP contribution in [-0.4, -0.2) is 29.8 Å². The van der Waals surface area contributed by atoms with Crippen molar-refractivity contribution in [2.45, 2.75) is 18.9 Å². The van der Waals surface area contributed by atoms with Gasteiger partial charge in [0.2, 0.25) is 11.8 Å². The minimum atomic E-state index is -0.588. The van der Waals surface area contributed by atoms with Gasteiger partial charge >= 0.3 is 0 Å². The second-order valence-corrected chi connectivity index (χ2v) is 5.47. The smallest absolute Gasteiger partial charge is 0.244 e. The molecule has 2 rings (SSSR count). The van der Waals surface area contributed by atoms with Crippen molar-refractivity contribution in [3.05, 3.63) is 22.4 Å². The van der Waals surface area contributed by atoms with Crippen molar-refractivity contribution in [3.8, 4) is 0 Å². The first-order chi connectivity index (χ1) is 8.59. The summed E-state index contributed by atoms with van der Waals surface area (Å²) >= 11 is 1.48. The third-order valence-electron chi connectivity index (χ3n) is 3.32. The van der Waals surface area contributed by atoms with Crippen LogP contribution in [0.25, 0.3) is 0 Å². The first-order valence-corrected chi connectivity index (χ1v) is 6.84. The number of piperidine rings is 1. The quantitative estimate of drug-likeness (QED) is 0.834. The maximum atomic E-state index is 12.2. The Balaban J connectivity index is 1.93. The number of nitrogens with zero attached hydrogens (tertiary/aromatic N) is 1. The Morgan fingerprint density at radius 1 is 1.39 bits per heavy atom. The average molecular weight is 267 g/mol. The maximum Gasteiger partial charge on any atom is 0.244 e. The van der Waals surface area contributed by atoms with Gasteiger partial charge in [-0.3, -0.25) is 9.59 Å². The highest BCUT2D eigenvalue weighted by atomic mass is 32.1. The molecule has 1 saturated heterocycles.